The smallest absolute Gasteiger partial charge is 0.327 e. The zero-order valence-electron chi connectivity index (χ0n) is 11.9. The standard InChI is InChI=1S/C17H24O2/c1-2-3-4-5-6-7-8-11-15-12-9-10-13-16(15)19-17-14-18-17/h9-10,12-14H,2-8,11H2,1H3. The van der Waals surface area contributed by atoms with Gasteiger partial charge in [-0.25, -0.2) is 0 Å². The number of ether oxygens (including phenoxy) is 2. The zero-order valence-corrected chi connectivity index (χ0v) is 11.9. The number of para-hydroxylation sites is 1. The van der Waals surface area contributed by atoms with E-state index in [1.807, 2.05) is 12.1 Å². The van der Waals surface area contributed by atoms with E-state index in [4.69, 9.17) is 9.47 Å². The second kappa shape index (κ2) is 7.88. The molecule has 0 fully saturated rings. The molecule has 0 aromatic heterocycles. The molecular weight excluding hydrogens is 236 g/mol. The minimum absolute atomic E-state index is 0.631. The van der Waals surface area contributed by atoms with Crippen LogP contribution in [0, 0.1) is 0 Å². The molecule has 0 unspecified atom stereocenters. The molecule has 1 aromatic rings. The maximum atomic E-state index is 5.61. The Hall–Kier alpha value is -1.44. The topological polar surface area (TPSA) is 21.8 Å². The van der Waals surface area contributed by atoms with Crippen LogP contribution in [0.1, 0.15) is 57.4 Å². The van der Waals surface area contributed by atoms with Crippen LogP contribution in [0.2, 0.25) is 0 Å². The summed E-state index contributed by atoms with van der Waals surface area (Å²) in [5.74, 6) is 1.57. The molecule has 0 bridgehead atoms. The summed E-state index contributed by atoms with van der Waals surface area (Å²) in [7, 11) is 0. The number of rotatable bonds is 10. The fourth-order valence-corrected chi connectivity index (χ4v) is 2.26. The predicted molar refractivity (Wildman–Crippen MR) is 77.9 cm³/mol. The Morgan fingerprint density at radius 1 is 0.947 bits per heavy atom. The normalized spacial score (nSPS) is 12.8. The average Bonchev–Trinajstić information content (AvgIpc) is 3.23. The molecule has 104 valence electrons. The van der Waals surface area contributed by atoms with Crippen molar-refractivity contribution in [1.82, 2.24) is 0 Å². The Morgan fingerprint density at radius 2 is 1.63 bits per heavy atom. The molecule has 1 aromatic carbocycles. The molecule has 19 heavy (non-hydrogen) atoms. The van der Waals surface area contributed by atoms with Crippen molar-refractivity contribution in [2.24, 2.45) is 0 Å². The summed E-state index contributed by atoms with van der Waals surface area (Å²) in [6.45, 7) is 2.26. The molecule has 1 aliphatic rings. The Labute approximate surface area is 116 Å². The lowest BCUT2D eigenvalue weighted by molar-refractivity contribution is 0.295. The van der Waals surface area contributed by atoms with Crippen molar-refractivity contribution in [2.75, 3.05) is 0 Å². The number of benzene rings is 1. The lowest BCUT2D eigenvalue weighted by Gasteiger charge is -2.07. The molecule has 2 rings (SSSR count). The summed E-state index contributed by atoms with van der Waals surface area (Å²) < 4.78 is 10.5. The summed E-state index contributed by atoms with van der Waals surface area (Å²) in [5, 5.41) is 0. The lowest BCUT2D eigenvalue weighted by Crippen LogP contribution is -1.93. The Balaban J connectivity index is 1.66. The van der Waals surface area contributed by atoms with E-state index in [-0.39, 0.29) is 0 Å². The summed E-state index contributed by atoms with van der Waals surface area (Å²) >= 11 is 0. The van der Waals surface area contributed by atoms with Gasteiger partial charge in [0.15, 0.2) is 6.26 Å². The highest BCUT2D eigenvalue weighted by molar-refractivity contribution is 5.34. The van der Waals surface area contributed by atoms with Gasteiger partial charge in [-0.3, -0.25) is 0 Å². The number of unbranched alkanes of at least 4 members (excludes halogenated alkanes) is 6. The van der Waals surface area contributed by atoms with Crippen LogP contribution in [0.5, 0.6) is 5.75 Å². The van der Waals surface area contributed by atoms with Crippen molar-refractivity contribution in [3.8, 4) is 5.75 Å². The summed E-state index contributed by atoms with van der Waals surface area (Å²) in [6, 6.07) is 8.24. The molecule has 0 radical (unpaired) electrons. The van der Waals surface area contributed by atoms with Crippen LogP contribution in [0.4, 0.5) is 0 Å². The van der Waals surface area contributed by atoms with Crippen LogP contribution in [-0.4, -0.2) is 0 Å². The van der Waals surface area contributed by atoms with Gasteiger partial charge < -0.3 is 9.47 Å². The molecule has 0 atom stereocenters. The second-order valence-electron chi connectivity index (χ2n) is 5.14. The van der Waals surface area contributed by atoms with Gasteiger partial charge in [-0.05, 0) is 24.5 Å². The minimum Gasteiger partial charge on any atom is -0.424 e. The van der Waals surface area contributed by atoms with Crippen LogP contribution in [0.3, 0.4) is 0 Å². The van der Waals surface area contributed by atoms with Gasteiger partial charge in [0.1, 0.15) is 5.75 Å². The Kier molecular flexibility index (Phi) is 5.80. The SMILES string of the molecule is CCCCCCCCCc1ccccc1OC1=CO1. The van der Waals surface area contributed by atoms with Crippen molar-refractivity contribution in [1.29, 1.82) is 0 Å². The Morgan fingerprint density at radius 3 is 2.37 bits per heavy atom. The monoisotopic (exact) mass is 260 g/mol. The van der Waals surface area contributed by atoms with Crippen molar-refractivity contribution in [3.63, 3.8) is 0 Å². The molecular formula is C17H24O2. The molecule has 0 saturated carbocycles. The average molecular weight is 260 g/mol. The van der Waals surface area contributed by atoms with Gasteiger partial charge in [0.25, 0.3) is 0 Å². The first kappa shape index (κ1) is 14.0. The minimum atomic E-state index is 0.631. The summed E-state index contributed by atoms with van der Waals surface area (Å²) in [4.78, 5) is 0. The maximum absolute atomic E-state index is 5.61. The quantitative estimate of drug-likeness (QED) is 0.540. The van der Waals surface area contributed by atoms with Crippen LogP contribution < -0.4 is 4.74 Å². The maximum Gasteiger partial charge on any atom is 0.327 e. The van der Waals surface area contributed by atoms with Gasteiger partial charge in [-0.2, -0.15) is 0 Å². The summed E-state index contributed by atoms with van der Waals surface area (Å²) in [5.41, 5.74) is 1.28. The molecule has 0 amide bonds. The third-order valence-electron chi connectivity index (χ3n) is 3.45. The van der Waals surface area contributed by atoms with Crippen LogP contribution in [-0.2, 0) is 11.2 Å². The van der Waals surface area contributed by atoms with E-state index in [0.717, 1.165) is 12.2 Å². The first-order valence-electron chi connectivity index (χ1n) is 7.52. The van der Waals surface area contributed by atoms with E-state index < -0.39 is 0 Å². The lowest BCUT2D eigenvalue weighted by atomic mass is 10.0. The molecule has 0 saturated heterocycles. The van der Waals surface area contributed by atoms with Crippen molar-refractivity contribution in [2.45, 2.75) is 58.3 Å². The molecule has 0 aliphatic carbocycles. The number of aryl methyl sites for hydroxylation is 1. The third kappa shape index (κ3) is 5.37. The van der Waals surface area contributed by atoms with Gasteiger partial charge in [0, 0.05) is 0 Å². The van der Waals surface area contributed by atoms with E-state index in [2.05, 4.69) is 19.1 Å². The van der Waals surface area contributed by atoms with Crippen LogP contribution in [0.25, 0.3) is 0 Å². The molecule has 2 heteroatoms. The van der Waals surface area contributed by atoms with Gasteiger partial charge in [-0.15, -0.1) is 0 Å². The highest BCUT2D eigenvalue weighted by Gasteiger charge is 2.14. The van der Waals surface area contributed by atoms with Crippen LogP contribution in [0.15, 0.2) is 36.5 Å². The van der Waals surface area contributed by atoms with Crippen molar-refractivity contribution >= 4 is 0 Å². The molecule has 1 heterocycles. The molecule has 0 spiro atoms. The van der Waals surface area contributed by atoms with E-state index in [1.54, 1.807) is 6.26 Å². The van der Waals surface area contributed by atoms with E-state index in [1.165, 1.54) is 50.5 Å². The first-order valence-corrected chi connectivity index (χ1v) is 7.52. The first-order chi connectivity index (χ1) is 9.40. The highest BCUT2D eigenvalue weighted by atomic mass is 16.7. The summed E-state index contributed by atoms with van der Waals surface area (Å²) in [6.07, 6.45) is 12.1. The largest absolute Gasteiger partial charge is 0.424 e. The van der Waals surface area contributed by atoms with Crippen LogP contribution >= 0.6 is 0 Å². The third-order valence-corrected chi connectivity index (χ3v) is 3.45. The molecule has 1 aliphatic heterocycles. The fourth-order valence-electron chi connectivity index (χ4n) is 2.26. The van der Waals surface area contributed by atoms with E-state index in [9.17, 15) is 0 Å². The number of hydrogen-bond donors (Lipinski definition) is 0. The fraction of sp³-hybridized carbons (Fsp3) is 0.529. The van der Waals surface area contributed by atoms with Gasteiger partial charge in [0.05, 0.1) is 0 Å². The van der Waals surface area contributed by atoms with Gasteiger partial charge in [-0.1, -0.05) is 63.6 Å². The van der Waals surface area contributed by atoms with Crippen molar-refractivity contribution < 1.29 is 9.47 Å². The van der Waals surface area contributed by atoms with E-state index >= 15 is 0 Å². The number of hydrogen-bond acceptors (Lipinski definition) is 2. The van der Waals surface area contributed by atoms with Gasteiger partial charge >= 0.3 is 5.95 Å². The Bertz CT molecular complexity index is 409. The molecule has 0 N–H and O–H groups in total. The predicted octanol–water partition coefficient (Wildman–Crippen LogP) is 5.19. The van der Waals surface area contributed by atoms with Crippen molar-refractivity contribution in [3.05, 3.63) is 42.0 Å². The highest BCUT2D eigenvalue weighted by Crippen LogP contribution is 2.26. The van der Waals surface area contributed by atoms with Gasteiger partial charge in [0.2, 0.25) is 0 Å². The molecule has 2 nitrogen and oxygen atoms in total. The second-order valence-corrected chi connectivity index (χ2v) is 5.14. The zero-order chi connectivity index (χ0) is 13.3. The van der Waals surface area contributed by atoms with E-state index in [0.29, 0.717) is 5.95 Å².